The number of aromatic hydroxyl groups is 2. The molecule has 0 spiro atoms. The summed E-state index contributed by atoms with van der Waals surface area (Å²) < 4.78 is 0. The van der Waals surface area contributed by atoms with E-state index in [4.69, 9.17) is 5.11 Å². The molecule has 0 aromatic heterocycles. The van der Waals surface area contributed by atoms with Gasteiger partial charge in [-0.1, -0.05) is 12.1 Å². The molecule has 2 N–H and O–H groups in total. The Labute approximate surface area is 96.7 Å². The lowest BCUT2D eigenvalue weighted by molar-refractivity contribution is -0.384. The van der Waals surface area contributed by atoms with Crippen LogP contribution in [0, 0.1) is 10.1 Å². The first kappa shape index (κ1) is 10.9. The van der Waals surface area contributed by atoms with Crippen LogP contribution in [0.4, 0.5) is 5.69 Å². The average molecular weight is 231 g/mol. The molecule has 0 unspecified atom stereocenters. The van der Waals surface area contributed by atoms with E-state index in [9.17, 15) is 15.2 Å². The Kier molecular flexibility index (Phi) is 2.66. The van der Waals surface area contributed by atoms with Crippen LogP contribution in [0.2, 0.25) is 0 Å². The largest absolute Gasteiger partial charge is 0.508 e. The molecule has 0 saturated carbocycles. The molecule has 0 amide bonds. The summed E-state index contributed by atoms with van der Waals surface area (Å²) in [5.74, 6) is -0.0607. The van der Waals surface area contributed by atoms with E-state index in [-0.39, 0.29) is 17.2 Å². The van der Waals surface area contributed by atoms with Crippen molar-refractivity contribution in [3.8, 4) is 22.6 Å². The predicted molar refractivity (Wildman–Crippen MR) is 61.9 cm³/mol. The molecule has 0 aliphatic carbocycles. The van der Waals surface area contributed by atoms with Gasteiger partial charge in [-0.2, -0.15) is 0 Å². The van der Waals surface area contributed by atoms with Gasteiger partial charge in [0.05, 0.1) is 16.6 Å². The Morgan fingerprint density at radius 1 is 0.941 bits per heavy atom. The summed E-state index contributed by atoms with van der Waals surface area (Å²) in [5, 5.41) is 29.2. The highest BCUT2D eigenvalue weighted by molar-refractivity contribution is 5.74. The molecule has 5 heteroatoms. The fourth-order valence-corrected chi connectivity index (χ4v) is 1.56. The minimum Gasteiger partial charge on any atom is -0.508 e. The first-order valence-electron chi connectivity index (χ1n) is 4.85. The molecule has 0 aliphatic heterocycles. The second-order valence-electron chi connectivity index (χ2n) is 3.51. The van der Waals surface area contributed by atoms with E-state index in [0.29, 0.717) is 11.1 Å². The van der Waals surface area contributed by atoms with E-state index < -0.39 is 4.92 Å². The summed E-state index contributed by atoms with van der Waals surface area (Å²) >= 11 is 0. The van der Waals surface area contributed by atoms with Crippen molar-refractivity contribution < 1.29 is 15.1 Å². The van der Waals surface area contributed by atoms with Gasteiger partial charge in [0.25, 0.3) is 5.69 Å². The van der Waals surface area contributed by atoms with Crippen molar-refractivity contribution in [1.82, 2.24) is 0 Å². The standard InChI is InChI=1S/C12H9NO4/c14-9-3-1-8(2-4-9)11-6-5-10(15)7-12(11)13(16)17/h1-7,14-15H. The van der Waals surface area contributed by atoms with Crippen LogP contribution in [0.5, 0.6) is 11.5 Å². The third kappa shape index (κ3) is 2.17. The zero-order chi connectivity index (χ0) is 12.4. The smallest absolute Gasteiger partial charge is 0.280 e. The number of rotatable bonds is 2. The van der Waals surface area contributed by atoms with Crippen LogP contribution in [0.3, 0.4) is 0 Å². The van der Waals surface area contributed by atoms with Crippen molar-refractivity contribution in [2.75, 3.05) is 0 Å². The van der Waals surface area contributed by atoms with E-state index in [1.807, 2.05) is 0 Å². The number of hydrogen-bond donors (Lipinski definition) is 2. The summed E-state index contributed by atoms with van der Waals surface area (Å²) in [7, 11) is 0. The van der Waals surface area contributed by atoms with Crippen LogP contribution in [0.15, 0.2) is 42.5 Å². The van der Waals surface area contributed by atoms with Gasteiger partial charge < -0.3 is 10.2 Å². The van der Waals surface area contributed by atoms with Crippen molar-refractivity contribution in [2.45, 2.75) is 0 Å². The molecule has 5 nitrogen and oxygen atoms in total. The number of nitro groups is 1. The van der Waals surface area contributed by atoms with Gasteiger partial charge in [0.15, 0.2) is 0 Å². The molecule has 86 valence electrons. The van der Waals surface area contributed by atoms with Gasteiger partial charge in [-0.05, 0) is 29.8 Å². The average Bonchev–Trinajstić information content (AvgIpc) is 2.30. The number of phenolic OH excluding ortho intramolecular Hbond substituents is 2. The van der Waals surface area contributed by atoms with Crippen LogP contribution >= 0.6 is 0 Å². The maximum Gasteiger partial charge on any atom is 0.280 e. The SMILES string of the molecule is O=[N+]([O-])c1cc(O)ccc1-c1ccc(O)cc1. The molecular weight excluding hydrogens is 222 g/mol. The molecule has 2 aromatic rings. The maximum atomic E-state index is 10.9. The molecule has 2 aromatic carbocycles. The van der Waals surface area contributed by atoms with E-state index >= 15 is 0 Å². The zero-order valence-electron chi connectivity index (χ0n) is 8.70. The van der Waals surface area contributed by atoms with Crippen molar-refractivity contribution in [3.63, 3.8) is 0 Å². The van der Waals surface area contributed by atoms with E-state index in [1.165, 1.54) is 24.3 Å². The lowest BCUT2D eigenvalue weighted by Gasteiger charge is -2.03. The summed E-state index contributed by atoms with van der Waals surface area (Å²) in [6.07, 6.45) is 0. The molecule has 17 heavy (non-hydrogen) atoms. The van der Waals surface area contributed by atoms with Gasteiger partial charge in [-0.25, -0.2) is 0 Å². The highest BCUT2D eigenvalue weighted by atomic mass is 16.6. The lowest BCUT2D eigenvalue weighted by atomic mass is 10.0. The second-order valence-corrected chi connectivity index (χ2v) is 3.51. The van der Waals surface area contributed by atoms with Gasteiger partial charge in [0.2, 0.25) is 0 Å². The third-order valence-electron chi connectivity index (χ3n) is 2.36. The second kappa shape index (κ2) is 4.13. The Morgan fingerprint density at radius 3 is 2.12 bits per heavy atom. The van der Waals surface area contributed by atoms with Gasteiger partial charge >= 0.3 is 0 Å². The number of benzene rings is 2. The van der Waals surface area contributed by atoms with Crippen molar-refractivity contribution in [1.29, 1.82) is 0 Å². The Morgan fingerprint density at radius 2 is 1.53 bits per heavy atom. The summed E-state index contributed by atoms with van der Waals surface area (Å²) in [6, 6.07) is 10.0. The quantitative estimate of drug-likeness (QED) is 0.614. The zero-order valence-corrected chi connectivity index (χ0v) is 8.70. The number of phenols is 2. The first-order chi connectivity index (χ1) is 8.08. The fraction of sp³-hybridized carbons (Fsp3) is 0. The van der Waals surface area contributed by atoms with Gasteiger partial charge in [0, 0.05) is 0 Å². The van der Waals surface area contributed by atoms with Crippen LogP contribution in [0.25, 0.3) is 11.1 Å². The minimum atomic E-state index is -0.554. The Bertz CT molecular complexity index is 563. The molecule has 0 saturated heterocycles. The van der Waals surface area contributed by atoms with Crippen LogP contribution in [-0.4, -0.2) is 15.1 Å². The molecule has 0 radical (unpaired) electrons. The first-order valence-corrected chi connectivity index (χ1v) is 4.85. The molecule has 0 aliphatic rings. The molecule has 0 heterocycles. The van der Waals surface area contributed by atoms with Gasteiger partial charge in [-0.3, -0.25) is 10.1 Å². The topological polar surface area (TPSA) is 83.6 Å². The normalized spacial score (nSPS) is 10.1. The van der Waals surface area contributed by atoms with Gasteiger partial charge in [-0.15, -0.1) is 0 Å². The fourth-order valence-electron chi connectivity index (χ4n) is 1.56. The van der Waals surface area contributed by atoms with Crippen LogP contribution in [-0.2, 0) is 0 Å². The Balaban J connectivity index is 2.58. The molecule has 0 atom stereocenters. The predicted octanol–water partition coefficient (Wildman–Crippen LogP) is 2.67. The monoisotopic (exact) mass is 231 g/mol. The van der Waals surface area contributed by atoms with Crippen LogP contribution in [0.1, 0.15) is 0 Å². The molecule has 2 rings (SSSR count). The number of hydrogen-bond acceptors (Lipinski definition) is 4. The highest BCUT2D eigenvalue weighted by Gasteiger charge is 2.15. The highest BCUT2D eigenvalue weighted by Crippen LogP contribution is 2.33. The van der Waals surface area contributed by atoms with Crippen molar-refractivity contribution in [3.05, 3.63) is 52.6 Å². The number of nitro benzene ring substituents is 1. The third-order valence-corrected chi connectivity index (χ3v) is 2.36. The van der Waals surface area contributed by atoms with Crippen LogP contribution < -0.4 is 0 Å². The van der Waals surface area contributed by atoms with E-state index in [2.05, 4.69) is 0 Å². The van der Waals surface area contributed by atoms with E-state index in [1.54, 1.807) is 12.1 Å². The lowest BCUT2D eigenvalue weighted by Crippen LogP contribution is -1.91. The van der Waals surface area contributed by atoms with Gasteiger partial charge in [0.1, 0.15) is 11.5 Å². The molecular formula is C12H9NO4. The van der Waals surface area contributed by atoms with Crippen molar-refractivity contribution in [2.24, 2.45) is 0 Å². The maximum absolute atomic E-state index is 10.9. The molecule has 0 bridgehead atoms. The minimum absolute atomic E-state index is 0.0928. The summed E-state index contributed by atoms with van der Waals surface area (Å²) in [5.41, 5.74) is 0.831. The van der Waals surface area contributed by atoms with Crippen molar-refractivity contribution >= 4 is 5.69 Å². The molecule has 0 fully saturated rings. The number of nitrogens with zero attached hydrogens (tertiary/aromatic N) is 1. The summed E-state index contributed by atoms with van der Waals surface area (Å²) in [6.45, 7) is 0. The summed E-state index contributed by atoms with van der Waals surface area (Å²) in [4.78, 5) is 10.3. The Hall–Kier alpha value is -2.56. The van der Waals surface area contributed by atoms with E-state index in [0.717, 1.165) is 6.07 Å².